The van der Waals surface area contributed by atoms with Gasteiger partial charge in [0.05, 0.1) is 0 Å². The van der Waals surface area contributed by atoms with Gasteiger partial charge < -0.3 is 10.1 Å². The third-order valence-corrected chi connectivity index (χ3v) is 2.08. The zero-order chi connectivity index (χ0) is 11.8. The summed E-state index contributed by atoms with van der Waals surface area (Å²) >= 11 is 0. The van der Waals surface area contributed by atoms with Gasteiger partial charge in [-0.1, -0.05) is 30.3 Å². The second kappa shape index (κ2) is 6.80. The van der Waals surface area contributed by atoms with Gasteiger partial charge in [0.15, 0.2) is 0 Å². The summed E-state index contributed by atoms with van der Waals surface area (Å²) in [6.07, 6.45) is 3.41. The van der Waals surface area contributed by atoms with Crippen molar-refractivity contribution in [1.29, 1.82) is 0 Å². The highest BCUT2D eigenvalue weighted by Gasteiger charge is 2.05. The first-order chi connectivity index (χ1) is 7.76. The summed E-state index contributed by atoms with van der Waals surface area (Å²) in [6, 6.07) is 9.63. The Bertz CT molecular complexity index is 342. The predicted molar refractivity (Wildman–Crippen MR) is 64.4 cm³/mol. The first-order valence-corrected chi connectivity index (χ1v) is 5.12. The highest BCUT2D eigenvalue weighted by molar-refractivity contribution is 5.91. The van der Waals surface area contributed by atoms with E-state index in [2.05, 4.69) is 12.2 Å². The monoisotopic (exact) mass is 218 g/mol. The molecular formula is C13H16NO2. The standard InChI is InChI=1S/C13H16NO2/c1-3-13(16-2)14-12(15)10-9-11-7-5-4-6-8-11/h4-10,13H,1,3H2,2H3,(H,14,15)/b10-9+. The van der Waals surface area contributed by atoms with Gasteiger partial charge in [0.25, 0.3) is 0 Å². The Hall–Kier alpha value is -1.61. The Labute approximate surface area is 96.1 Å². The minimum atomic E-state index is -0.326. The van der Waals surface area contributed by atoms with Crippen LogP contribution < -0.4 is 5.32 Å². The normalized spacial score (nSPS) is 12.6. The molecule has 3 heteroatoms. The van der Waals surface area contributed by atoms with Crippen molar-refractivity contribution < 1.29 is 9.53 Å². The molecule has 1 aromatic carbocycles. The van der Waals surface area contributed by atoms with E-state index >= 15 is 0 Å². The Morgan fingerprint density at radius 1 is 1.50 bits per heavy atom. The Balaban J connectivity index is 2.48. The number of nitrogens with one attached hydrogen (secondary N) is 1. The number of methoxy groups -OCH3 is 1. The predicted octanol–water partition coefficient (Wildman–Crippen LogP) is 2.01. The van der Waals surface area contributed by atoms with Crippen molar-refractivity contribution in [3.63, 3.8) is 0 Å². The van der Waals surface area contributed by atoms with E-state index < -0.39 is 0 Å². The molecule has 0 bridgehead atoms. The largest absolute Gasteiger partial charge is 0.362 e. The summed E-state index contributed by atoms with van der Waals surface area (Å²) in [4.78, 5) is 11.4. The van der Waals surface area contributed by atoms with Crippen LogP contribution in [0.25, 0.3) is 6.08 Å². The van der Waals surface area contributed by atoms with Gasteiger partial charge >= 0.3 is 0 Å². The van der Waals surface area contributed by atoms with E-state index in [-0.39, 0.29) is 12.1 Å². The molecule has 1 N–H and O–H groups in total. The van der Waals surface area contributed by atoms with Crippen LogP contribution in [-0.4, -0.2) is 19.2 Å². The summed E-state index contributed by atoms with van der Waals surface area (Å²) in [6.45, 7) is 3.66. The topological polar surface area (TPSA) is 38.3 Å². The molecule has 85 valence electrons. The molecule has 1 radical (unpaired) electrons. The van der Waals surface area contributed by atoms with Gasteiger partial charge in [-0.2, -0.15) is 0 Å². The number of amides is 1. The van der Waals surface area contributed by atoms with Gasteiger partial charge in [-0.25, -0.2) is 0 Å². The molecule has 16 heavy (non-hydrogen) atoms. The molecular weight excluding hydrogens is 202 g/mol. The fraction of sp³-hybridized carbons (Fsp3) is 0.231. The van der Waals surface area contributed by atoms with Gasteiger partial charge in [-0.15, -0.1) is 0 Å². The lowest BCUT2D eigenvalue weighted by molar-refractivity contribution is -0.119. The van der Waals surface area contributed by atoms with Crippen LogP contribution in [0.3, 0.4) is 0 Å². The number of hydrogen-bond acceptors (Lipinski definition) is 2. The smallest absolute Gasteiger partial charge is 0.245 e. The van der Waals surface area contributed by atoms with Crippen LogP contribution in [0.4, 0.5) is 0 Å². The highest BCUT2D eigenvalue weighted by atomic mass is 16.5. The quantitative estimate of drug-likeness (QED) is 0.606. The van der Waals surface area contributed by atoms with Crippen LogP contribution in [-0.2, 0) is 9.53 Å². The molecule has 0 aliphatic carbocycles. The molecule has 1 atom stereocenters. The van der Waals surface area contributed by atoms with Gasteiger partial charge in [0.1, 0.15) is 6.23 Å². The average Bonchev–Trinajstić information content (AvgIpc) is 2.34. The van der Waals surface area contributed by atoms with E-state index in [1.54, 1.807) is 6.08 Å². The summed E-state index contributed by atoms with van der Waals surface area (Å²) < 4.78 is 4.99. The SMILES string of the molecule is [CH2]CC(NC(=O)/C=C/c1ccccc1)OC. The van der Waals surface area contributed by atoms with E-state index in [1.165, 1.54) is 13.2 Å². The fourth-order valence-corrected chi connectivity index (χ4v) is 1.19. The van der Waals surface area contributed by atoms with Crippen LogP contribution in [0, 0.1) is 6.92 Å². The summed E-state index contributed by atoms with van der Waals surface area (Å²) in [5.41, 5.74) is 0.987. The van der Waals surface area contributed by atoms with E-state index in [0.717, 1.165) is 5.56 Å². The molecule has 1 amide bonds. The van der Waals surface area contributed by atoms with Gasteiger partial charge in [0, 0.05) is 13.2 Å². The maximum Gasteiger partial charge on any atom is 0.245 e. The molecule has 0 saturated heterocycles. The molecule has 3 nitrogen and oxygen atoms in total. The van der Waals surface area contributed by atoms with Crippen LogP contribution in [0.1, 0.15) is 12.0 Å². The van der Waals surface area contributed by atoms with Crippen molar-refractivity contribution in [2.75, 3.05) is 7.11 Å². The van der Waals surface area contributed by atoms with Crippen LogP contribution in [0.2, 0.25) is 0 Å². The average molecular weight is 218 g/mol. The van der Waals surface area contributed by atoms with Crippen molar-refractivity contribution >= 4 is 12.0 Å². The first-order valence-electron chi connectivity index (χ1n) is 5.12. The van der Waals surface area contributed by atoms with Crippen molar-refractivity contribution in [2.45, 2.75) is 12.6 Å². The van der Waals surface area contributed by atoms with Crippen molar-refractivity contribution in [3.05, 3.63) is 48.9 Å². The molecule has 0 heterocycles. The molecule has 0 aliphatic rings. The molecule has 0 spiro atoms. The van der Waals surface area contributed by atoms with Crippen LogP contribution in [0.15, 0.2) is 36.4 Å². The summed E-state index contributed by atoms with van der Waals surface area (Å²) in [5.74, 6) is -0.181. The van der Waals surface area contributed by atoms with Crippen LogP contribution in [0.5, 0.6) is 0 Å². The molecule has 1 aromatic rings. The van der Waals surface area contributed by atoms with Crippen LogP contribution >= 0.6 is 0 Å². The maximum absolute atomic E-state index is 11.4. The Morgan fingerprint density at radius 3 is 2.75 bits per heavy atom. The van der Waals surface area contributed by atoms with Crippen molar-refractivity contribution in [3.8, 4) is 0 Å². The Morgan fingerprint density at radius 2 is 2.19 bits per heavy atom. The third-order valence-electron chi connectivity index (χ3n) is 2.08. The number of ether oxygens (including phenoxy) is 1. The molecule has 1 unspecified atom stereocenters. The number of carbonyl (C=O) groups is 1. The molecule has 0 saturated carbocycles. The minimum Gasteiger partial charge on any atom is -0.362 e. The van der Waals surface area contributed by atoms with E-state index in [1.807, 2.05) is 30.3 Å². The lowest BCUT2D eigenvalue weighted by Crippen LogP contribution is -2.34. The summed E-state index contributed by atoms with van der Waals surface area (Å²) in [7, 11) is 1.54. The van der Waals surface area contributed by atoms with E-state index in [4.69, 9.17) is 4.74 Å². The second-order valence-electron chi connectivity index (χ2n) is 3.27. The van der Waals surface area contributed by atoms with Crippen molar-refractivity contribution in [2.24, 2.45) is 0 Å². The first kappa shape index (κ1) is 12.5. The molecule has 0 fully saturated rings. The zero-order valence-corrected chi connectivity index (χ0v) is 9.35. The highest BCUT2D eigenvalue weighted by Crippen LogP contribution is 2.00. The van der Waals surface area contributed by atoms with E-state index in [0.29, 0.717) is 6.42 Å². The number of benzene rings is 1. The number of hydrogen-bond donors (Lipinski definition) is 1. The molecule has 0 aliphatic heterocycles. The summed E-state index contributed by atoms with van der Waals surface area (Å²) in [5, 5.41) is 2.68. The Kier molecular flexibility index (Phi) is 5.29. The minimum absolute atomic E-state index is 0.181. The van der Waals surface area contributed by atoms with Crippen molar-refractivity contribution in [1.82, 2.24) is 5.32 Å². The van der Waals surface area contributed by atoms with Gasteiger partial charge in [-0.05, 0) is 25.0 Å². The molecule has 1 rings (SSSR count). The van der Waals surface area contributed by atoms with Gasteiger partial charge in [0.2, 0.25) is 5.91 Å². The zero-order valence-electron chi connectivity index (χ0n) is 9.35. The lowest BCUT2D eigenvalue weighted by Gasteiger charge is -2.12. The maximum atomic E-state index is 11.4. The lowest BCUT2D eigenvalue weighted by atomic mass is 10.2. The fourth-order valence-electron chi connectivity index (χ4n) is 1.19. The second-order valence-corrected chi connectivity index (χ2v) is 3.27. The van der Waals surface area contributed by atoms with E-state index in [9.17, 15) is 4.79 Å². The number of carbonyl (C=O) groups excluding carboxylic acids is 1. The van der Waals surface area contributed by atoms with Gasteiger partial charge in [-0.3, -0.25) is 4.79 Å². The molecule has 0 aromatic heterocycles. The third kappa shape index (κ3) is 4.28. The number of rotatable bonds is 5.